The third-order valence-corrected chi connectivity index (χ3v) is 3.04. The molecule has 0 radical (unpaired) electrons. The first-order valence-electron chi connectivity index (χ1n) is 5.48. The summed E-state index contributed by atoms with van der Waals surface area (Å²) in [6.07, 6.45) is 0.941. The molecule has 1 aromatic rings. The molecule has 2 rings (SSSR count). The molecular formula is C12H15ClFNO. The fourth-order valence-electron chi connectivity index (χ4n) is 1.88. The van der Waals surface area contributed by atoms with E-state index in [9.17, 15) is 4.39 Å². The summed E-state index contributed by atoms with van der Waals surface area (Å²) in [5, 5.41) is 0. The topological polar surface area (TPSA) is 12.5 Å². The normalized spacial score (nSPS) is 17.2. The van der Waals surface area contributed by atoms with E-state index in [4.69, 9.17) is 16.3 Å². The largest absolute Gasteiger partial charge is 0.380 e. The van der Waals surface area contributed by atoms with Gasteiger partial charge in [0.15, 0.2) is 0 Å². The first-order chi connectivity index (χ1) is 7.81. The van der Waals surface area contributed by atoms with E-state index >= 15 is 0 Å². The Balaban J connectivity index is 2.18. The van der Waals surface area contributed by atoms with E-state index in [1.807, 2.05) is 11.0 Å². The summed E-state index contributed by atoms with van der Waals surface area (Å²) in [6, 6.07) is 5.18. The van der Waals surface area contributed by atoms with Gasteiger partial charge in [-0.2, -0.15) is 0 Å². The van der Waals surface area contributed by atoms with Crippen LogP contribution in [0.2, 0.25) is 0 Å². The van der Waals surface area contributed by atoms with Crippen molar-refractivity contribution >= 4 is 17.3 Å². The summed E-state index contributed by atoms with van der Waals surface area (Å²) < 4.78 is 19.2. The molecule has 4 heteroatoms. The van der Waals surface area contributed by atoms with Crippen molar-refractivity contribution in [2.24, 2.45) is 0 Å². The van der Waals surface area contributed by atoms with Gasteiger partial charge in [-0.15, -0.1) is 11.6 Å². The minimum Gasteiger partial charge on any atom is -0.380 e. The van der Waals surface area contributed by atoms with Crippen LogP contribution in [0.4, 0.5) is 10.1 Å². The van der Waals surface area contributed by atoms with Gasteiger partial charge in [0.1, 0.15) is 5.82 Å². The Kier molecular flexibility index (Phi) is 4.02. The molecule has 1 fully saturated rings. The highest BCUT2D eigenvalue weighted by atomic mass is 35.5. The number of benzene rings is 1. The zero-order valence-corrected chi connectivity index (χ0v) is 9.84. The van der Waals surface area contributed by atoms with Gasteiger partial charge in [0.05, 0.1) is 12.3 Å². The Labute approximate surface area is 100.0 Å². The van der Waals surface area contributed by atoms with Crippen LogP contribution in [0.1, 0.15) is 12.0 Å². The van der Waals surface area contributed by atoms with Crippen molar-refractivity contribution in [3.8, 4) is 0 Å². The standard InChI is InChI=1S/C12H15ClFNO/c13-9-10-2-3-12(11(14)8-10)15-4-1-6-16-7-5-15/h2-3,8H,1,4-7,9H2. The SMILES string of the molecule is Fc1cc(CCl)ccc1N1CCCOCC1. The van der Waals surface area contributed by atoms with Crippen molar-refractivity contribution in [1.82, 2.24) is 0 Å². The van der Waals surface area contributed by atoms with Gasteiger partial charge in [-0.25, -0.2) is 4.39 Å². The van der Waals surface area contributed by atoms with Crippen LogP contribution >= 0.6 is 11.6 Å². The van der Waals surface area contributed by atoms with E-state index < -0.39 is 0 Å². The van der Waals surface area contributed by atoms with Crippen LogP contribution in [0.5, 0.6) is 0 Å². The predicted octanol–water partition coefficient (Wildman–Crippen LogP) is 2.79. The molecule has 0 aromatic heterocycles. The van der Waals surface area contributed by atoms with Gasteiger partial charge in [-0.1, -0.05) is 6.07 Å². The summed E-state index contributed by atoms with van der Waals surface area (Å²) in [5.74, 6) is 0.153. The summed E-state index contributed by atoms with van der Waals surface area (Å²) in [5.41, 5.74) is 1.47. The van der Waals surface area contributed by atoms with Crippen molar-refractivity contribution < 1.29 is 9.13 Å². The van der Waals surface area contributed by atoms with Gasteiger partial charge < -0.3 is 9.64 Å². The van der Waals surface area contributed by atoms with Crippen molar-refractivity contribution in [3.63, 3.8) is 0 Å². The van der Waals surface area contributed by atoms with Gasteiger partial charge in [-0.05, 0) is 24.1 Å². The Hall–Kier alpha value is -0.800. The Morgan fingerprint density at radius 3 is 2.94 bits per heavy atom. The molecule has 0 N–H and O–H groups in total. The zero-order chi connectivity index (χ0) is 11.4. The van der Waals surface area contributed by atoms with Gasteiger partial charge in [0, 0.05) is 25.6 Å². The molecule has 1 aliphatic heterocycles. The third kappa shape index (κ3) is 2.66. The van der Waals surface area contributed by atoms with Gasteiger partial charge in [-0.3, -0.25) is 0 Å². The van der Waals surface area contributed by atoms with E-state index in [0.29, 0.717) is 18.2 Å². The molecule has 0 spiro atoms. The summed E-state index contributed by atoms with van der Waals surface area (Å²) in [6.45, 7) is 3.02. The summed E-state index contributed by atoms with van der Waals surface area (Å²) in [4.78, 5) is 2.03. The lowest BCUT2D eigenvalue weighted by atomic mass is 10.2. The molecule has 0 atom stereocenters. The van der Waals surface area contributed by atoms with Crippen LogP contribution in [-0.2, 0) is 10.6 Å². The predicted molar refractivity (Wildman–Crippen MR) is 63.6 cm³/mol. The van der Waals surface area contributed by atoms with Gasteiger partial charge in [0.25, 0.3) is 0 Å². The number of hydrogen-bond acceptors (Lipinski definition) is 2. The molecule has 0 amide bonds. The lowest BCUT2D eigenvalue weighted by Gasteiger charge is -2.22. The van der Waals surface area contributed by atoms with Crippen molar-refractivity contribution in [3.05, 3.63) is 29.6 Å². The summed E-state index contributed by atoms with van der Waals surface area (Å²) >= 11 is 5.66. The van der Waals surface area contributed by atoms with E-state index in [1.165, 1.54) is 6.07 Å². The molecule has 1 saturated heterocycles. The Morgan fingerprint density at radius 2 is 2.19 bits per heavy atom. The number of nitrogens with zero attached hydrogens (tertiary/aromatic N) is 1. The van der Waals surface area contributed by atoms with Crippen molar-refractivity contribution in [2.75, 3.05) is 31.2 Å². The molecular weight excluding hydrogens is 229 g/mol. The second-order valence-electron chi connectivity index (χ2n) is 3.87. The fraction of sp³-hybridized carbons (Fsp3) is 0.500. The third-order valence-electron chi connectivity index (χ3n) is 2.73. The maximum absolute atomic E-state index is 13.8. The molecule has 88 valence electrons. The number of anilines is 1. The van der Waals surface area contributed by atoms with Gasteiger partial charge in [0.2, 0.25) is 0 Å². The number of rotatable bonds is 2. The summed E-state index contributed by atoms with van der Waals surface area (Å²) in [7, 11) is 0. The minimum atomic E-state index is -0.194. The molecule has 1 aromatic carbocycles. The average Bonchev–Trinajstić information content (AvgIpc) is 2.57. The maximum Gasteiger partial charge on any atom is 0.146 e. The van der Waals surface area contributed by atoms with Crippen LogP contribution in [-0.4, -0.2) is 26.3 Å². The lowest BCUT2D eigenvalue weighted by molar-refractivity contribution is 0.152. The average molecular weight is 244 g/mol. The highest BCUT2D eigenvalue weighted by Gasteiger charge is 2.13. The Morgan fingerprint density at radius 1 is 1.31 bits per heavy atom. The van der Waals surface area contributed by atoms with E-state index in [-0.39, 0.29) is 5.82 Å². The van der Waals surface area contributed by atoms with Crippen LogP contribution < -0.4 is 4.90 Å². The molecule has 0 aliphatic carbocycles. The van der Waals surface area contributed by atoms with Gasteiger partial charge >= 0.3 is 0 Å². The minimum absolute atomic E-state index is 0.194. The number of ether oxygens (including phenoxy) is 1. The number of hydrogen-bond donors (Lipinski definition) is 0. The second-order valence-corrected chi connectivity index (χ2v) is 4.14. The lowest BCUT2D eigenvalue weighted by Crippen LogP contribution is -2.26. The van der Waals surface area contributed by atoms with Crippen LogP contribution in [0.15, 0.2) is 18.2 Å². The Bertz CT molecular complexity index is 351. The molecule has 0 bridgehead atoms. The fourth-order valence-corrected chi connectivity index (χ4v) is 2.04. The monoisotopic (exact) mass is 243 g/mol. The quantitative estimate of drug-likeness (QED) is 0.741. The zero-order valence-electron chi connectivity index (χ0n) is 9.09. The molecule has 0 unspecified atom stereocenters. The van der Waals surface area contributed by atoms with E-state index in [0.717, 1.165) is 31.7 Å². The van der Waals surface area contributed by atoms with E-state index in [2.05, 4.69) is 0 Å². The highest BCUT2D eigenvalue weighted by Crippen LogP contribution is 2.22. The molecule has 0 saturated carbocycles. The smallest absolute Gasteiger partial charge is 0.146 e. The van der Waals surface area contributed by atoms with E-state index in [1.54, 1.807) is 6.07 Å². The first-order valence-corrected chi connectivity index (χ1v) is 6.02. The highest BCUT2D eigenvalue weighted by molar-refractivity contribution is 6.17. The van der Waals surface area contributed by atoms with Crippen molar-refractivity contribution in [2.45, 2.75) is 12.3 Å². The van der Waals surface area contributed by atoms with Crippen LogP contribution in [0.25, 0.3) is 0 Å². The molecule has 1 heterocycles. The van der Waals surface area contributed by atoms with Crippen LogP contribution in [0, 0.1) is 5.82 Å². The van der Waals surface area contributed by atoms with Crippen LogP contribution in [0.3, 0.4) is 0 Å². The maximum atomic E-state index is 13.8. The second kappa shape index (κ2) is 5.51. The molecule has 16 heavy (non-hydrogen) atoms. The molecule has 2 nitrogen and oxygen atoms in total. The first kappa shape index (κ1) is 11.7. The number of halogens is 2. The van der Waals surface area contributed by atoms with Crippen molar-refractivity contribution in [1.29, 1.82) is 0 Å². The number of alkyl halides is 1. The molecule has 1 aliphatic rings.